The number of carbonyl (C=O) groups excluding carboxylic acids is 1. The number of nitrogens with zero attached hydrogens (tertiary/aromatic N) is 4. The number of aromatic nitrogens is 1. The summed E-state index contributed by atoms with van der Waals surface area (Å²) in [6, 6.07) is 11.1. The van der Waals surface area contributed by atoms with Crippen LogP contribution in [0.5, 0.6) is 5.75 Å². The van der Waals surface area contributed by atoms with E-state index in [-0.39, 0.29) is 44.0 Å². The van der Waals surface area contributed by atoms with Gasteiger partial charge in [-0.05, 0) is 74.2 Å². The molecule has 4 heterocycles. The summed E-state index contributed by atoms with van der Waals surface area (Å²) in [7, 11) is 0. The zero-order valence-electron chi connectivity index (χ0n) is 27.7. The fraction of sp³-hybridized carbons (Fsp3) is 0.528. The molecule has 2 aliphatic heterocycles. The number of hydrogen-bond acceptors (Lipinski definition) is 7. The highest BCUT2D eigenvalue weighted by Crippen LogP contribution is 2.44. The zero-order chi connectivity index (χ0) is 36.2. The predicted octanol–water partition coefficient (Wildman–Crippen LogP) is 7.77. The van der Waals surface area contributed by atoms with Gasteiger partial charge in [-0.15, -0.1) is 11.3 Å². The van der Waals surface area contributed by atoms with E-state index in [1.165, 1.54) is 5.38 Å². The Labute approximate surface area is 291 Å². The molecule has 0 saturated carbocycles. The van der Waals surface area contributed by atoms with Gasteiger partial charge in [-0.3, -0.25) is 14.7 Å². The topological polar surface area (TPSA) is 89.7 Å². The number of pyridine rings is 1. The first-order valence-corrected chi connectivity index (χ1v) is 17.6. The lowest BCUT2D eigenvalue weighted by atomic mass is 9.71. The third-order valence-corrected chi connectivity index (χ3v) is 10.8. The third kappa shape index (κ3) is 7.80. The first kappa shape index (κ1) is 37.6. The van der Waals surface area contributed by atoms with E-state index in [9.17, 15) is 41.5 Å². The van der Waals surface area contributed by atoms with E-state index in [1.807, 2.05) is 31.2 Å². The number of alkyl halides is 6. The number of aliphatic hydroxyl groups excluding tert-OH is 1. The quantitative estimate of drug-likeness (QED) is 0.204. The van der Waals surface area contributed by atoms with E-state index >= 15 is 0 Å². The predicted molar refractivity (Wildman–Crippen MR) is 175 cm³/mol. The van der Waals surface area contributed by atoms with Gasteiger partial charge in [-0.1, -0.05) is 37.6 Å². The molecule has 270 valence electrons. The molecule has 0 bridgehead atoms. The second-order valence-corrected chi connectivity index (χ2v) is 13.9. The van der Waals surface area contributed by atoms with Crippen molar-refractivity contribution in [1.82, 2.24) is 14.8 Å². The molecule has 1 amide bonds. The van der Waals surface area contributed by atoms with Crippen molar-refractivity contribution in [3.63, 3.8) is 0 Å². The molecule has 14 heteroatoms. The molecule has 0 radical (unpaired) electrons. The Balaban J connectivity index is 1.50. The summed E-state index contributed by atoms with van der Waals surface area (Å²) in [5, 5.41) is 21.1. The van der Waals surface area contributed by atoms with Crippen LogP contribution in [0.4, 0.5) is 26.3 Å². The molecule has 0 aliphatic carbocycles. The van der Waals surface area contributed by atoms with Crippen molar-refractivity contribution in [1.29, 1.82) is 5.26 Å². The molecule has 2 atom stereocenters. The zero-order valence-corrected chi connectivity index (χ0v) is 28.5. The number of aryl methyl sites for hydroxylation is 1. The van der Waals surface area contributed by atoms with E-state index in [0.717, 1.165) is 35.7 Å². The van der Waals surface area contributed by atoms with Crippen LogP contribution in [0.15, 0.2) is 54.2 Å². The monoisotopic (exact) mass is 722 g/mol. The van der Waals surface area contributed by atoms with Crippen molar-refractivity contribution in [3.05, 3.63) is 81.3 Å². The van der Waals surface area contributed by atoms with Gasteiger partial charge in [0, 0.05) is 50.1 Å². The maximum Gasteiger partial charge on any atom is 0.425 e. The Bertz CT molecular complexity index is 1660. The summed E-state index contributed by atoms with van der Waals surface area (Å²) >= 11 is 0.447. The Hall–Kier alpha value is -3.67. The minimum Gasteiger partial charge on any atom is -0.475 e. The van der Waals surface area contributed by atoms with Gasteiger partial charge >= 0.3 is 12.4 Å². The number of hydrogen-bond donors (Lipinski definition) is 1. The number of carbonyl (C=O) groups is 1. The van der Waals surface area contributed by atoms with Gasteiger partial charge in [0.25, 0.3) is 5.91 Å². The fourth-order valence-corrected chi connectivity index (χ4v) is 8.18. The number of likely N-dealkylation sites (tertiary alicyclic amines) is 2. The Morgan fingerprint density at radius 2 is 1.82 bits per heavy atom. The summed E-state index contributed by atoms with van der Waals surface area (Å²) in [5.41, 5.74) is -1.74. The van der Waals surface area contributed by atoms with Gasteiger partial charge in [0.15, 0.2) is 0 Å². The summed E-state index contributed by atoms with van der Waals surface area (Å²) in [4.78, 5) is 21.3. The van der Waals surface area contributed by atoms with Crippen LogP contribution < -0.4 is 4.74 Å². The summed E-state index contributed by atoms with van der Waals surface area (Å²) in [6.45, 7) is 2.36. The van der Waals surface area contributed by atoms with Gasteiger partial charge in [0.2, 0.25) is 5.60 Å². The molecule has 5 rings (SSSR count). The molecule has 7 nitrogen and oxygen atoms in total. The lowest BCUT2D eigenvalue weighted by molar-refractivity contribution is -0.163. The van der Waals surface area contributed by atoms with E-state index in [1.54, 1.807) is 9.80 Å². The van der Waals surface area contributed by atoms with Crippen LogP contribution in [0.1, 0.15) is 79.0 Å². The van der Waals surface area contributed by atoms with Crippen LogP contribution in [0.2, 0.25) is 0 Å². The number of thiophene rings is 1. The Morgan fingerprint density at radius 1 is 1.08 bits per heavy atom. The summed E-state index contributed by atoms with van der Waals surface area (Å²) in [5.74, 6) is -0.583. The second-order valence-electron chi connectivity index (χ2n) is 13.0. The number of aliphatic hydroxyl groups is 1. The van der Waals surface area contributed by atoms with Crippen molar-refractivity contribution in [2.45, 2.75) is 94.2 Å². The molecule has 2 aliphatic rings. The smallest absolute Gasteiger partial charge is 0.425 e. The lowest BCUT2D eigenvalue weighted by Gasteiger charge is -2.51. The third-order valence-electron chi connectivity index (χ3n) is 9.89. The molecule has 0 spiro atoms. The number of benzene rings is 1. The Kier molecular flexibility index (Phi) is 11.5. The number of amides is 1. The molecule has 2 aromatic heterocycles. The van der Waals surface area contributed by atoms with Gasteiger partial charge in [0.05, 0.1) is 23.1 Å². The largest absolute Gasteiger partial charge is 0.475 e. The summed E-state index contributed by atoms with van der Waals surface area (Å²) < 4.78 is 89.4. The molecule has 0 unspecified atom stereocenters. The average molecular weight is 723 g/mol. The van der Waals surface area contributed by atoms with Crippen LogP contribution in [0, 0.1) is 11.3 Å². The highest BCUT2D eigenvalue weighted by molar-refractivity contribution is 7.10. The van der Waals surface area contributed by atoms with Crippen LogP contribution >= 0.6 is 11.3 Å². The first-order valence-electron chi connectivity index (χ1n) is 16.8. The van der Waals surface area contributed by atoms with E-state index in [0.29, 0.717) is 62.8 Å². The second kappa shape index (κ2) is 15.3. The normalized spacial score (nSPS) is 21.5. The summed E-state index contributed by atoms with van der Waals surface area (Å²) in [6.07, 6.45) is -3.99. The fourth-order valence-electron chi connectivity index (χ4n) is 7.51. The van der Waals surface area contributed by atoms with E-state index in [2.05, 4.69) is 11.1 Å². The first-order chi connectivity index (χ1) is 23.8. The van der Waals surface area contributed by atoms with Crippen LogP contribution in [0.3, 0.4) is 0 Å². The molecule has 3 aromatic rings. The number of ether oxygens (including phenoxy) is 1. The van der Waals surface area contributed by atoms with Gasteiger partial charge < -0.3 is 14.7 Å². The molecule has 1 aromatic carbocycles. The molecule has 2 saturated heterocycles. The number of nitriles is 1. The maximum absolute atomic E-state index is 14.9. The number of piperidine rings is 2. The molecular weight excluding hydrogens is 682 g/mol. The van der Waals surface area contributed by atoms with Crippen LogP contribution in [-0.4, -0.2) is 63.7 Å². The van der Waals surface area contributed by atoms with Crippen LogP contribution in [0.25, 0.3) is 0 Å². The van der Waals surface area contributed by atoms with Crippen molar-refractivity contribution in [3.8, 4) is 11.8 Å². The van der Waals surface area contributed by atoms with Crippen molar-refractivity contribution >= 4 is 17.2 Å². The van der Waals surface area contributed by atoms with E-state index < -0.39 is 45.8 Å². The SMILES string of the molecule is CCC[C@H]1N(Cc2cnccc2C(F)(F)F)CCC[C@@]1(Oc1csc(C(F)(F)F)c1)C(=O)N1CCC(C#N)(c2ccccc2CCCO)CC1. The highest BCUT2D eigenvalue weighted by atomic mass is 32.1. The van der Waals surface area contributed by atoms with Gasteiger partial charge in [0.1, 0.15) is 10.6 Å². The average Bonchev–Trinajstić information content (AvgIpc) is 3.58. The minimum atomic E-state index is -4.64. The minimum absolute atomic E-state index is 0.00108. The Morgan fingerprint density at radius 3 is 2.46 bits per heavy atom. The molecule has 2 fully saturated rings. The maximum atomic E-state index is 14.9. The molecule has 1 N–H and O–H groups in total. The standard InChI is InChI=1S/C36H40F6N4O3S/c1-2-7-30-34(49-27-20-31(50-23-27)36(40,41)42,12-6-16-46(30)22-26-21-44-15-11-29(26)35(37,38)39)32(48)45-17-13-33(24-43,14-18-45)28-10-4-3-8-25(28)9-5-19-47/h3-4,8,10-11,15,20-21,23,30,47H,2,5-7,9,12-14,16-19,22H2,1H3/t30-,34+/m1/s1. The number of halogens is 6. The van der Waals surface area contributed by atoms with E-state index in [4.69, 9.17) is 4.74 Å². The highest BCUT2D eigenvalue weighted by Gasteiger charge is 2.55. The van der Waals surface area contributed by atoms with Crippen molar-refractivity contribution < 1.29 is 41.0 Å². The molecule has 50 heavy (non-hydrogen) atoms. The van der Waals surface area contributed by atoms with Crippen molar-refractivity contribution in [2.24, 2.45) is 0 Å². The molecular formula is C36H40F6N4O3S. The van der Waals surface area contributed by atoms with Gasteiger partial charge in [-0.25, -0.2) is 0 Å². The van der Waals surface area contributed by atoms with Crippen LogP contribution in [-0.2, 0) is 35.5 Å². The van der Waals surface area contributed by atoms with Gasteiger partial charge in [-0.2, -0.15) is 31.6 Å². The lowest BCUT2D eigenvalue weighted by Crippen LogP contribution is -2.67. The number of rotatable bonds is 11. The van der Waals surface area contributed by atoms with Crippen molar-refractivity contribution in [2.75, 3.05) is 26.2 Å².